The molecule has 14 heavy (non-hydrogen) atoms. The molecule has 0 saturated carbocycles. The third-order valence-corrected chi connectivity index (χ3v) is 2.00. The van der Waals surface area contributed by atoms with Gasteiger partial charge in [0.15, 0.2) is 0 Å². The topological polar surface area (TPSA) is 52.9 Å². The number of carbonyl (C=O) groups excluding carboxylic acids is 1. The molecule has 1 rings (SSSR count). The first-order valence-electron chi connectivity index (χ1n) is 4.43. The Hall–Kier alpha value is -1.82. The quantitative estimate of drug-likeness (QED) is 0.772. The van der Waals surface area contributed by atoms with Gasteiger partial charge < -0.3 is 5.32 Å². The van der Waals surface area contributed by atoms with Crippen molar-refractivity contribution in [3.63, 3.8) is 0 Å². The molecule has 0 saturated heterocycles. The van der Waals surface area contributed by atoms with Gasteiger partial charge in [-0.05, 0) is 12.0 Å². The molecule has 1 aromatic rings. The van der Waals surface area contributed by atoms with Crippen LogP contribution in [0, 0.1) is 17.2 Å². The Morgan fingerprint density at radius 2 is 2.14 bits per heavy atom. The van der Waals surface area contributed by atoms with Crippen molar-refractivity contribution in [1.82, 2.24) is 5.32 Å². The lowest BCUT2D eigenvalue weighted by atomic mass is 10.0. The molecule has 3 heteroatoms. The highest BCUT2D eigenvalue weighted by Gasteiger charge is 2.16. The zero-order valence-electron chi connectivity index (χ0n) is 8.03. The standard InChI is InChI=1S/C11H12N2O/c1-13-11(14)10(8-12)7-9-5-3-2-4-6-9/h2-6,10H,7H2,1H3,(H,13,14). The highest BCUT2D eigenvalue weighted by atomic mass is 16.1. The summed E-state index contributed by atoms with van der Waals surface area (Å²) in [7, 11) is 1.54. The van der Waals surface area contributed by atoms with Crippen LogP contribution >= 0.6 is 0 Å². The van der Waals surface area contributed by atoms with Crippen LogP contribution in [0.15, 0.2) is 30.3 Å². The van der Waals surface area contributed by atoms with Crippen molar-refractivity contribution < 1.29 is 4.79 Å². The van der Waals surface area contributed by atoms with Crippen molar-refractivity contribution in [3.05, 3.63) is 35.9 Å². The first kappa shape index (κ1) is 10.3. The van der Waals surface area contributed by atoms with E-state index in [0.29, 0.717) is 6.42 Å². The molecular formula is C11H12N2O. The van der Waals surface area contributed by atoms with Crippen LogP contribution in [0.1, 0.15) is 5.56 Å². The molecule has 0 radical (unpaired) electrons. The average molecular weight is 188 g/mol. The van der Waals surface area contributed by atoms with E-state index in [-0.39, 0.29) is 5.91 Å². The van der Waals surface area contributed by atoms with E-state index in [1.165, 1.54) is 7.05 Å². The first-order chi connectivity index (χ1) is 6.77. The van der Waals surface area contributed by atoms with E-state index in [0.717, 1.165) is 5.56 Å². The maximum Gasteiger partial charge on any atom is 0.237 e. The summed E-state index contributed by atoms with van der Waals surface area (Å²) < 4.78 is 0. The van der Waals surface area contributed by atoms with Crippen molar-refractivity contribution in [2.75, 3.05) is 7.05 Å². The minimum atomic E-state index is -0.595. The van der Waals surface area contributed by atoms with Crippen molar-refractivity contribution in [2.24, 2.45) is 5.92 Å². The molecule has 1 atom stereocenters. The van der Waals surface area contributed by atoms with Gasteiger partial charge in [0.1, 0.15) is 5.92 Å². The SMILES string of the molecule is CNC(=O)C(C#N)Cc1ccccc1. The van der Waals surface area contributed by atoms with Crippen LogP contribution in [0.3, 0.4) is 0 Å². The van der Waals surface area contributed by atoms with Gasteiger partial charge >= 0.3 is 0 Å². The normalized spacial score (nSPS) is 11.4. The van der Waals surface area contributed by atoms with Gasteiger partial charge in [0.25, 0.3) is 0 Å². The van der Waals surface area contributed by atoms with Gasteiger partial charge in [-0.3, -0.25) is 4.79 Å². The molecule has 0 aromatic heterocycles. The largest absolute Gasteiger partial charge is 0.358 e. The van der Waals surface area contributed by atoms with E-state index in [1.807, 2.05) is 36.4 Å². The van der Waals surface area contributed by atoms with Crippen LogP contribution in [0.25, 0.3) is 0 Å². The molecule has 0 bridgehead atoms. The summed E-state index contributed by atoms with van der Waals surface area (Å²) >= 11 is 0. The van der Waals surface area contributed by atoms with Crippen molar-refractivity contribution in [2.45, 2.75) is 6.42 Å². The van der Waals surface area contributed by atoms with Gasteiger partial charge in [0, 0.05) is 7.05 Å². The van der Waals surface area contributed by atoms with Crippen LogP contribution in [0.5, 0.6) is 0 Å². The van der Waals surface area contributed by atoms with E-state index >= 15 is 0 Å². The van der Waals surface area contributed by atoms with Crippen LogP contribution < -0.4 is 5.32 Å². The summed E-state index contributed by atoms with van der Waals surface area (Å²) in [5.41, 5.74) is 1.00. The fourth-order valence-corrected chi connectivity index (χ4v) is 1.22. The summed E-state index contributed by atoms with van der Waals surface area (Å²) in [4.78, 5) is 11.2. The second-order valence-electron chi connectivity index (χ2n) is 2.99. The fraction of sp³-hybridized carbons (Fsp3) is 0.273. The summed E-state index contributed by atoms with van der Waals surface area (Å²) in [6.45, 7) is 0. The zero-order chi connectivity index (χ0) is 10.4. The molecule has 3 nitrogen and oxygen atoms in total. The molecule has 0 aliphatic rings. The summed E-state index contributed by atoms with van der Waals surface area (Å²) in [5.74, 6) is -0.821. The minimum absolute atomic E-state index is 0.226. The molecule has 1 unspecified atom stereocenters. The van der Waals surface area contributed by atoms with Crippen molar-refractivity contribution in [1.29, 1.82) is 5.26 Å². The molecule has 1 amide bonds. The van der Waals surface area contributed by atoms with Crippen LogP contribution in [-0.4, -0.2) is 13.0 Å². The Labute approximate surface area is 83.4 Å². The molecular weight excluding hydrogens is 176 g/mol. The second kappa shape index (κ2) is 5.03. The number of nitriles is 1. The number of hydrogen-bond acceptors (Lipinski definition) is 2. The predicted molar refractivity (Wildman–Crippen MR) is 53.3 cm³/mol. The Bertz CT molecular complexity index is 340. The third-order valence-electron chi connectivity index (χ3n) is 2.00. The predicted octanol–water partition coefficient (Wildman–Crippen LogP) is 1.11. The number of hydrogen-bond donors (Lipinski definition) is 1. The van der Waals surface area contributed by atoms with Crippen LogP contribution in [0.4, 0.5) is 0 Å². The molecule has 0 aliphatic heterocycles. The lowest BCUT2D eigenvalue weighted by molar-refractivity contribution is -0.122. The maximum absolute atomic E-state index is 11.2. The lowest BCUT2D eigenvalue weighted by Gasteiger charge is -2.06. The number of amides is 1. The number of nitrogens with one attached hydrogen (secondary N) is 1. The molecule has 1 N–H and O–H groups in total. The summed E-state index contributed by atoms with van der Waals surface area (Å²) in [5, 5.41) is 11.3. The smallest absolute Gasteiger partial charge is 0.237 e. The fourth-order valence-electron chi connectivity index (χ4n) is 1.22. The van der Waals surface area contributed by atoms with E-state index < -0.39 is 5.92 Å². The Morgan fingerprint density at radius 3 is 2.64 bits per heavy atom. The molecule has 0 heterocycles. The molecule has 0 spiro atoms. The third kappa shape index (κ3) is 2.60. The molecule has 0 fully saturated rings. The van der Waals surface area contributed by atoms with Gasteiger partial charge in [0.05, 0.1) is 6.07 Å². The number of benzene rings is 1. The minimum Gasteiger partial charge on any atom is -0.358 e. The van der Waals surface area contributed by atoms with E-state index in [2.05, 4.69) is 5.32 Å². The molecule has 72 valence electrons. The summed E-state index contributed by atoms with van der Waals surface area (Å²) in [6, 6.07) is 11.5. The summed E-state index contributed by atoms with van der Waals surface area (Å²) in [6.07, 6.45) is 0.469. The highest BCUT2D eigenvalue weighted by Crippen LogP contribution is 2.07. The highest BCUT2D eigenvalue weighted by molar-refractivity contribution is 5.81. The number of rotatable bonds is 3. The second-order valence-corrected chi connectivity index (χ2v) is 2.99. The van der Waals surface area contributed by atoms with Gasteiger partial charge in [-0.2, -0.15) is 5.26 Å². The van der Waals surface area contributed by atoms with Gasteiger partial charge in [-0.25, -0.2) is 0 Å². The number of carbonyl (C=O) groups is 1. The Balaban J connectivity index is 2.68. The maximum atomic E-state index is 11.2. The van der Waals surface area contributed by atoms with Crippen LogP contribution in [-0.2, 0) is 11.2 Å². The first-order valence-corrected chi connectivity index (χ1v) is 4.43. The lowest BCUT2D eigenvalue weighted by Crippen LogP contribution is -2.27. The van der Waals surface area contributed by atoms with Gasteiger partial charge in [-0.1, -0.05) is 30.3 Å². The Kier molecular flexibility index (Phi) is 3.69. The average Bonchev–Trinajstić information content (AvgIpc) is 2.26. The zero-order valence-corrected chi connectivity index (χ0v) is 8.03. The van der Waals surface area contributed by atoms with Gasteiger partial charge in [0.2, 0.25) is 5.91 Å². The Morgan fingerprint density at radius 1 is 1.50 bits per heavy atom. The van der Waals surface area contributed by atoms with E-state index in [4.69, 9.17) is 5.26 Å². The van der Waals surface area contributed by atoms with E-state index in [1.54, 1.807) is 0 Å². The molecule has 1 aromatic carbocycles. The van der Waals surface area contributed by atoms with Crippen LogP contribution in [0.2, 0.25) is 0 Å². The van der Waals surface area contributed by atoms with Crippen molar-refractivity contribution >= 4 is 5.91 Å². The monoisotopic (exact) mass is 188 g/mol. The van der Waals surface area contributed by atoms with E-state index in [9.17, 15) is 4.79 Å². The van der Waals surface area contributed by atoms with Gasteiger partial charge in [-0.15, -0.1) is 0 Å². The number of nitrogens with zero attached hydrogens (tertiary/aromatic N) is 1. The molecule has 0 aliphatic carbocycles. The van der Waals surface area contributed by atoms with Crippen molar-refractivity contribution in [3.8, 4) is 6.07 Å².